The molecule has 2 aromatic rings. The molecular formula is C29H34N2O6. The quantitative estimate of drug-likeness (QED) is 0.421. The molecule has 3 atom stereocenters. The molecule has 3 rings (SSSR count). The van der Waals surface area contributed by atoms with Crippen LogP contribution in [0.1, 0.15) is 66.3 Å². The third-order valence-corrected chi connectivity index (χ3v) is 6.60. The second-order valence-corrected chi connectivity index (χ2v) is 9.17. The molecule has 1 aliphatic heterocycles. The molecule has 0 radical (unpaired) electrons. The average molecular weight is 507 g/mol. The molecule has 1 unspecified atom stereocenters. The van der Waals surface area contributed by atoms with E-state index in [2.05, 4.69) is 17.2 Å². The topological polar surface area (TPSA) is 105 Å². The molecule has 0 saturated carbocycles. The number of aliphatic hydroxyl groups is 1. The lowest BCUT2D eigenvalue weighted by Gasteiger charge is -2.36. The number of hydrogen-bond acceptors (Lipinski definition) is 6. The van der Waals surface area contributed by atoms with Crippen molar-refractivity contribution >= 4 is 17.6 Å². The summed E-state index contributed by atoms with van der Waals surface area (Å²) in [5, 5.41) is 12.1. The van der Waals surface area contributed by atoms with Crippen molar-refractivity contribution in [3.63, 3.8) is 0 Å². The van der Waals surface area contributed by atoms with Gasteiger partial charge in [0.1, 0.15) is 6.61 Å². The number of nitrogens with zero attached hydrogens (tertiary/aromatic N) is 1. The predicted octanol–water partition coefficient (Wildman–Crippen LogP) is 2.83. The van der Waals surface area contributed by atoms with E-state index >= 15 is 0 Å². The van der Waals surface area contributed by atoms with Crippen molar-refractivity contribution < 1.29 is 29.0 Å². The van der Waals surface area contributed by atoms with Gasteiger partial charge in [-0.05, 0) is 75.1 Å². The summed E-state index contributed by atoms with van der Waals surface area (Å²) in [6.45, 7) is 3.34. The molecule has 0 bridgehead atoms. The first-order valence-corrected chi connectivity index (χ1v) is 12.3. The molecule has 0 aromatic heterocycles. The van der Waals surface area contributed by atoms with Gasteiger partial charge < -0.3 is 24.8 Å². The van der Waals surface area contributed by atoms with Crippen LogP contribution in [0.25, 0.3) is 0 Å². The van der Waals surface area contributed by atoms with Crippen LogP contribution < -0.4 is 5.32 Å². The zero-order chi connectivity index (χ0) is 27.0. The second kappa shape index (κ2) is 12.6. The summed E-state index contributed by atoms with van der Waals surface area (Å²) in [5.41, 5.74) is 0.856. The monoisotopic (exact) mass is 506 g/mol. The van der Waals surface area contributed by atoms with Gasteiger partial charge in [0.05, 0.1) is 6.10 Å². The van der Waals surface area contributed by atoms with E-state index in [1.54, 1.807) is 31.2 Å². The number of Topliss-reactive ketones (excluding diaryl/α,β-unsaturated/α-hetero) is 1. The van der Waals surface area contributed by atoms with E-state index in [9.17, 15) is 19.5 Å². The van der Waals surface area contributed by atoms with Crippen LogP contribution in [0.4, 0.5) is 0 Å². The van der Waals surface area contributed by atoms with Gasteiger partial charge in [-0.1, -0.05) is 24.0 Å². The minimum absolute atomic E-state index is 0.314. The molecule has 1 aliphatic rings. The highest BCUT2D eigenvalue weighted by atomic mass is 16.7. The number of likely N-dealkylation sites (N-methyl/N-ethyl adjacent to an activating group) is 2. The molecule has 1 fully saturated rings. The number of ether oxygens (including phenoxy) is 2. The molecule has 0 spiro atoms. The maximum absolute atomic E-state index is 13.3. The van der Waals surface area contributed by atoms with Crippen LogP contribution in [0.5, 0.6) is 0 Å². The van der Waals surface area contributed by atoms with Crippen molar-refractivity contribution in [1.82, 2.24) is 10.2 Å². The normalized spacial score (nSPS) is 17.5. The summed E-state index contributed by atoms with van der Waals surface area (Å²) in [6.07, 6.45) is 1.55. The zero-order valence-electron chi connectivity index (χ0n) is 21.7. The van der Waals surface area contributed by atoms with Gasteiger partial charge in [0.15, 0.2) is 17.6 Å². The van der Waals surface area contributed by atoms with Crippen LogP contribution >= 0.6 is 0 Å². The maximum Gasteiger partial charge on any atom is 0.254 e. The van der Waals surface area contributed by atoms with Crippen LogP contribution in [0.15, 0.2) is 48.5 Å². The van der Waals surface area contributed by atoms with Gasteiger partial charge in [0.25, 0.3) is 11.8 Å². The molecule has 1 heterocycles. The lowest BCUT2D eigenvalue weighted by molar-refractivity contribution is -0.174. The largest absolute Gasteiger partial charge is 0.389 e. The highest BCUT2D eigenvalue weighted by molar-refractivity contribution is 6.14. The Morgan fingerprint density at radius 1 is 1.11 bits per heavy atom. The number of benzene rings is 2. The summed E-state index contributed by atoms with van der Waals surface area (Å²) in [6, 6.07) is 14.0. The Kier molecular flexibility index (Phi) is 9.59. The minimum atomic E-state index is -1.77. The number of hydrogen-bond donors (Lipinski definition) is 2. The van der Waals surface area contributed by atoms with Crippen molar-refractivity contribution in [1.29, 1.82) is 0 Å². The fraction of sp³-hybridized carbons (Fsp3) is 0.414. The van der Waals surface area contributed by atoms with Crippen molar-refractivity contribution in [3.8, 4) is 11.8 Å². The SMILES string of the molecule is CNC(=O)[C@@](C)(C(=O)COC1CCCCO1)N(C)C(=O)c1ccc(C#Cc2ccc([C@@H](C)O)cc2)cc1. The summed E-state index contributed by atoms with van der Waals surface area (Å²) >= 11 is 0. The van der Waals surface area contributed by atoms with Crippen molar-refractivity contribution in [2.24, 2.45) is 0 Å². The number of rotatable bonds is 8. The Balaban J connectivity index is 1.71. The molecule has 8 nitrogen and oxygen atoms in total. The summed E-state index contributed by atoms with van der Waals surface area (Å²) in [4.78, 5) is 40.4. The smallest absolute Gasteiger partial charge is 0.254 e. The fourth-order valence-electron chi connectivity index (χ4n) is 3.94. The van der Waals surface area contributed by atoms with E-state index < -0.39 is 35.5 Å². The molecular weight excluding hydrogens is 472 g/mol. The van der Waals surface area contributed by atoms with Crippen LogP contribution in [-0.2, 0) is 19.1 Å². The second-order valence-electron chi connectivity index (χ2n) is 9.17. The van der Waals surface area contributed by atoms with Gasteiger partial charge in [-0.2, -0.15) is 0 Å². The lowest BCUT2D eigenvalue weighted by atomic mass is 9.92. The number of carbonyl (C=O) groups excluding carboxylic acids is 3. The van der Waals surface area contributed by atoms with E-state index in [0.29, 0.717) is 24.2 Å². The summed E-state index contributed by atoms with van der Waals surface area (Å²) in [5.74, 6) is 4.47. The highest BCUT2D eigenvalue weighted by Gasteiger charge is 2.46. The average Bonchev–Trinajstić information content (AvgIpc) is 2.94. The molecule has 1 saturated heterocycles. The first kappa shape index (κ1) is 28.1. The zero-order valence-corrected chi connectivity index (χ0v) is 21.7. The number of aliphatic hydroxyl groups excluding tert-OH is 1. The third-order valence-electron chi connectivity index (χ3n) is 6.60. The van der Waals surface area contributed by atoms with E-state index in [4.69, 9.17) is 9.47 Å². The maximum atomic E-state index is 13.3. The first-order valence-electron chi connectivity index (χ1n) is 12.3. The van der Waals surface area contributed by atoms with Crippen LogP contribution in [0.2, 0.25) is 0 Å². The number of amides is 2. The Labute approximate surface area is 218 Å². The van der Waals surface area contributed by atoms with E-state index in [1.165, 1.54) is 21.0 Å². The van der Waals surface area contributed by atoms with Gasteiger partial charge in [-0.15, -0.1) is 0 Å². The van der Waals surface area contributed by atoms with Crippen molar-refractivity contribution in [3.05, 3.63) is 70.8 Å². The van der Waals surface area contributed by atoms with Gasteiger partial charge >= 0.3 is 0 Å². The Morgan fingerprint density at radius 2 is 1.70 bits per heavy atom. The van der Waals surface area contributed by atoms with Crippen LogP contribution in [-0.4, -0.2) is 66.7 Å². The molecule has 2 N–H and O–H groups in total. The van der Waals surface area contributed by atoms with Gasteiger partial charge in [-0.25, -0.2) is 0 Å². The lowest BCUT2D eigenvalue weighted by Crippen LogP contribution is -2.62. The Hall–Kier alpha value is -3.51. The van der Waals surface area contributed by atoms with E-state index in [-0.39, 0.29) is 6.61 Å². The van der Waals surface area contributed by atoms with Crippen LogP contribution in [0.3, 0.4) is 0 Å². The number of carbonyl (C=O) groups is 3. The molecule has 8 heteroatoms. The van der Waals surface area contributed by atoms with E-state index in [1.807, 2.05) is 24.3 Å². The Morgan fingerprint density at radius 3 is 2.22 bits per heavy atom. The molecule has 37 heavy (non-hydrogen) atoms. The predicted molar refractivity (Wildman–Crippen MR) is 139 cm³/mol. The van der Waals surface area contributed by atoms with Gasteiger partial charge in [0, 0.05) is 37.4 Å². The highest BCUT2D eigenvalue weighted by Crippen LogP contribution is 2.21. The molecule has 0 aliphatic carbocycles. The molecule has 2 aromatic carbocycles. The minimum Gasteiger partial charge on any atom is -0.389 e. The standard InChI is InChI=1S/C29H34N2O6/c1-20(32)23-14-10-21(11-15-23)8-9-22-12-16-24(17-13-22)27(34)31(4)29(2,28(35)30-3)25(33)19-37-26-7-5-6-18-36-26/h10-17,20,26,32H,5-7,18-19H2,1-4H3,(H,30,35)/t20-,26?,29-/m1/s1. The van der Waals surface area contributed by atoms with Crippen molar-refractivity contribution in [2.45, 2.75) is 51.0 Å². The van der Waals surface area contributed by atoms with Gasteiger partial charge in [-0.3, -0.25) is 14.4 Å². The molecule has 2 amide bonds. The summed E-state index contributed by atoms with van der Waals surface area (Å²) in [7, 11) is 2.85. The fourth-order valence-corrected chi connectivity index (χ4v) is 3.94. The summed E-state index contributed by atoms with van der Waals surface area (Å²) < 4.78 is 11.1. The van der Waals surface area contributed by atoms with Crippen molar-refractivity contribution in [2.75, 3.05) is 27.3 Å². The Bertz CT molecular complexity index is 1160. The first-order chi connectivity index (χ1) is 17.7. The van der Waals surface area contributed by atoms with Crippen LogP contribution in [0, 0.1) is 11.8 Å². The number of nitrogens with one attached hydrogen (secondary N) is 1. The van der Waals surface area contributed by atoms with E-state index in [0.717, 1.165) is 28.9 Å². The number of ketones is 1. The van der Waals surface area contributed by atoms with Gasteiger partial charge in [0.2, 0.25) is 0 Å². The molecule has 196 valence electrons. The third kappa shape index (κ3) is 6.83.